The second kappa shape index (κ2) is 5.24. The maximum absolute atomic E-state index is 11.5. The van der Waals surface area contributed by atoms with E-state index in [4.69, 9.17) is 16.3 Å². The van der Waals surface area contributed by atoms with Crippen molar-refractivity contribution in [2.24, 2.45) is 0 Å². The van der Waals surface area contributed by atoms with E-state index in [1.807, 2.05) is 13.0 Å². The number of anilines is 2. The minimum atomic E-state index is -1.12. The van der Waals surface area contributed by atoms with Crippen LogP contribution < -0.4 is 10.2 Å². The molecule has 0 aromatic heterocycles. The van der Waals surface area contributed by atoms with E-state index in [2.05, 4.69) is 10.2 Å². The molecule has 108 valence electrons. The molecule has 2 aliphatic heterocycles. The SMILES string of the molecule is CC1CN(c2cc3c(cc2Cl)C(O)C(=O)N3)CCCO1. The number of fused-ring (bicyclic) bond motifs is 1. The predicted molar refractivity (Wildman–Crippen MR) is 77.3 cm³/mol. The Labute approximate surface area is 122 Å². The lowest BCUT2D eigenvalue weighted by Crippen LogP contribution is -2.30. The number of nitrogens with zero attached hydrogens (tertiary/aromatic N) is 1. The van der Waals surface area contributed by atoms with Gasteiger partial charge in [-0.2, -0.15) is 0 Å². The van der Waals surface area contributed by atoms with Crippen LogP contribution in [0.5, 0.6) is 0 Å². The lowest BCUT2D eigenvalue weighted by molar-refractivity contribution is -0.123. The van der Waals surface area contributed by atoms with Gasteiger partial charge in [0.15, 0.2) is 6.10 Å². The van der Waals surface area contributed by atoms with Gasteiger partial charge in [0.25, 0.3) is 5.91 Å². The Kier molecular flexibility index (Phi) is 3.58. The molecule has 20 heavy (non-hydrogen) atoms. The quantitative estimate of drug-likeness (QED) is 0.831. The predicted octanol–water partition coefficient (Wildman–Crippen LogP) is 1.94. The van der Waals surface area contributed by atoms with Crippen molar-refractivity contribution < 1.29 is 14.6 Å². The smallest absolute Gasteiger partial charge is 0.257 e. The third-order valence-electron chi connectivity index (χ3n) is 3.71. The average Bonchev–Trinajstić information content (AvgIpc) is 2.59. The molecule has 2 unspecified atom stereocenters. The molecule has 2 N–H and O–H groups in total. The summed E-state index contributed by atoms with van der Waals surface area (Å²) in [7, 11) is 0. The normalized spacial score (nSPS) is 26.1. The minimum absolute atomic E-state index is 0.141. The highest BCUT2D eigenvalue weighted by atomic mass is 35.5. The van der Waals surface area contributed by atoms with E-state index in [1.54, 1.807) is 6.07 Å². The maximum atomic E-state index is 11.5. The van der Waals surface area contributed by atoms with Crippen LogP contribution in [0, 0.1) is 0 Å². The van der Waals surface area contributed by atoms with E-state index in [1.165, 1.54) is 0 Å². The summed E-state index contributed by atoms with van der Waals surface area (Å²) in [6.07, 6.45) is -0.0443. The van der Waals surface area contributed by atoms with Gasteiger partial charge >= 0.3 is 0 Å². The van der Waals surface area contributed by atoms with Crippen LogP contribution in [0.3, 0.4) is 0 Å². The van der Waals surface area contributed by atoms with E-state index in [9.17, 15) is 9.90 Å². The van der Waals surface area contributed by atoms with Crippen LogP contribution in [0.1, 0.15) is 25.0 Å². The number of halogens is 1. The number of nitrogens with one attached hydrogen (secondary N) is 1. The molecule has 0 radical (unpaired) electrons. The van der Waals surface area contributed by atoms with E-state index in [0.717, 1.165) is 31.8 Å². The van der Waals surface area contributed by atoms with Crippen LogP contribution in [0.25, 0.3) is 0 Å². The number of ether oxygens (including phenoxy) is 1. The van der Waals surface area contributed by atoms with Gasteiger partial charge in [0.1, 0.15) is 0 Å². The van der Waals surface area contributed by atoms with Crippen molar-refractivity contribution in [2.45, 2.75) is 25.6 Å². The molecule has 0 saturated carbocycles. The van der Waals surface area contributed by atoms with Crippen molar-refractivity contribution in [2.75, 3.05) is 29.9 Å². The number of carbonyl (C=O) groups is 1. The molecular formula is C14H17ClN2O3. The summed E-state index contributed by atoms with van der Waals surface area (Å²) in [6.45, 7) is 4.40. The minimum Gasteiger partial charge on any atom is -0.378 e. The van der Waals surface area contributed by atoms with E-state index in [-0.39, 0.29) is 6.10 Å². The fourth-order valence-corrected chi connectivity index (χ4v) is 3.00. The average molecular weight is 297 g/mol. The van der Waals surface area contributed by atoms with Gasteiger partial charge in [0.05, 0.1) is 16.8 Å². The van der Waals surface area contributed by atoms with Crippen molar-refractivity contribution in [3.05, 3.63) is 22.7 Å². The Morgan fingerprint density at radius 3 is 3.10 bits per heavy atom. The largest absolute Gasteiger partial charge is 0.378 e. The molecule has 0 spiro atoms. The summed E-state index contributed by atoms with van der Waals surface area (Å²) in [5.41, 5.74) is 2.06. The number of rotatable bonds is 1. The molecule has 1 fully saturated rings. The molecule has 2 heterocycles. The lowest BCUT2D eigenvalue weighted by Gasteiger charge is -2.26. The Morgan fingerprint density at radius 1 is 1.50 bits per heavy atom. The van der Waals surface area contributed by atoms with Crippen LogP contribution in [-0.2, 0) is 9.53 Å². The molecule has 5 nitrogen and oxygen atoms in total. The second-order valence-corrected chi connectivity index (χ2v) is 5.67. The van der Waals surface area contributed by atoms with Gasteiger partial charge in [-0.3, -0.25) is 4.79 Å². The van der Waals surface area contributed by atoms with Gasteiger partial charge in [-0.05, 0) is 25.5 Å². The van der Waals surface area contributed by atoms with E-state index < -0.39 is 12.0 Å². The number of hydrogen-bond acceptors (Lipinski definition) is 4. The van der Waals surface area contributed by atoms with E-state index in [0.29, 0.717) is 16.3 Å². The first-order chi connectivity index (χ1) is 9.56. The molecule has 0 aliphatic carbocycles. The fourth-order valence-electron chi connectivity index (χ4n) is 2.71. The molecular weight excluding hydrogens is 280 g/mol. The highest BCUT2D eigenvalue weighted by Gasteiger charge is 2.30. The zero-order valence-corrected chi connectivity index (χ0v) is 12.0. The molecule has 1 aromatic carbocycles. The highest BCUT2D eigenvalue weighted by Crippen LogP contribution is 2.39. The molecule has 1 amide bonds. The van der Waals surface area contributed by atoms with Gasteiger partial charge < -0.3 is 20.1 Å². The summed E-state index contributed by atoms with van der Waals surface area (Å²) in [5.74, 6) is -0.402. The number of carbonyl (C=O) groups excluding carboxylic acids is 1. The summed E-state index contributed by atoms with van der Waals surface area (Å²) < 4.78 is 5.63. The zero-order valence-electron chi connectivity index (χ0n) is 11.2. The Bertz CT molecular complexity index is 549. The molecule has 1 aromatic rings. The number of amides is 1. The first-order valence-electron chi connectivity index (χ1n) is 6.75. The molecule has 0 bridgehead atoms. The van der Waals surface area contributed by atoms with Gasteiger partial charge in [-0.15, -0.1) is 0 Å². The highest BCUT2D eigenvalue weighted by molar-refractivity contribution is 6.33. The molecule has 6 heteroatoms. The Hall–Kier alpha value is -1.30. The van der Waals surface area contributed by atoms with Crippen molar-refractivity contribution >= 4 is 28.9 Å². The zero-order chi connectivity index (χ0) is 14.3. The standard InChI is InChI=1S/C14H17ClN2O3/c1-8-7-17(3-2-4-20-8)12-6-11-9(5-10(12)15)13(18)14(19)16-11/h5-6,8,13,18H,2-4,7H2,1H3,(H,16,19). The van der Waals surface area contributed by atoms with Crippen molar-refractivity contribution in [3.8, 4) is 0 Å². The molecule has 2 aliphatic rings. The van der Waals surface area contributed by atoms with Crippen LogP contribution in [0.4, 0.5) is 11.4 Å². The Balaban J connectivity index is 1.95. The number of aliphatic hydroxyl groups excluding tert-OH is 1. The van der Waals surface area contributed by atoms with Crippen LogP contribution >= 0.6 is 11.6 Å². The van der Waals surface area contributed by atoms with E-state index >= 15 is 0 Å². The van der Waals surface area contributed by atoms with Crippen molar-refractivity contribution in [1.82, 2.24) is 0 Å². The third-order valence-corrected chi connectivity index (χ3v) is 4.02. The maximum Gasteiger partial charge on any atom is 0.257 e. The number of benzene rings is 1. The fraction of sp³-hybridized carbons (Fsp3) is 0.500. The first kappa shape index (κ1) is 13.7. The van der Waals surface area contributed by atoms with Gasteiger partial charge in [0, 0.05) is 30.9 Å². The number of aliphatic hydroxyl groups is 1. The Morgan fingerprint density at radius 2 is 2.30 bits per heavy atom. The molecule has 1 saturated heterocycles. The van der Waals surface area contributed by atoms with Crippen LogP contribution in [0.15, 0.2) is 12.1 Å². The van der Waals surface area contributed by atoms with Gasteiger partial charge in [0.2, 0.25) is 0 Å². The van der Waals surface area contributed by atoms with Gasteiger partial charge in [-0.25, -0.2) is 0 Å². The summed E-state index contributed by atoms with van der Waals surface area (Å²) in [5, 5.41) is 13.0. The monoisotopic (exact) mass is 296 g/mol. The molecule has 3 rings (SSSR count). The topological polar surface area (TPSA) is 61.8 Å². The second-order valence-electron chi connectivity index (χ2n) is 5.26. The lowest BCUT2D eigenvalue weighted by atomic mass is 10.1. The van der Waals surface area contributed by atoms with Crippen LogP contribution in [-0.4, -0.2) is 36.8 Å². The third kappa shape index (κ3) is 2.37. The van der Waals surface area contributed by atoms with Crippen molar-refractivity contribution in [3.63, 3.8) is 0 Å². The summed E-state index contributed by atoms with van der Waals surface area (Å²) in [6, 6.07) is 3.51. The molecule has 2 atom stereocenters. The van der Waals surface area contributed by atoms with Crippen molar-refractivity contribution in [1.29, 1.82) is 0 Å². The first-order valence-corrected chi connectivity index (χ1v) is 7.13. The van der Waals surface area contributed by atoms with Gasteiger partial charge in [-0.1, -0.05) is 11.6 Å². The van der Waals surface area contributed by atoms with Crippen LogP contribution in [0.2, 0.25) is 5.02 Å². The summed E-state index contributed by atoms with van der Waals surface area (Å²) >= 11 is 6.32. The summed E-state index contributed by atoms with van der Waals surface area (Å²) in [4.78, 5) is 13.7. The number of hydrogen-bond donors (Lipinski definition) is 2.